The van der Waals surface area contributed by atoms with Gasteiger partial charge in [0, 0.05) is 31.0 Å². The third-order valence-electron chi connectivity index (χ3n) is 6.07. The maximum absolute atomic E-state index is 12.2. The highest BCUT2D eigenvalue weighted by molar-refractivity contribution is 5.76. The molecule has 2 heterocycles. The smallest absolute Gasteiger partial charge is 0.220 e. The van der Waals surface area contributed by atoms with Crippen LogP contribution in [0.1, 0.15) is 62.8 Å². The molecule has 0 saturated heterocycles. The zero-order chi connectivity index (χ0) is 22.5. The number of nitrogens with zero attached hydrogens (tertiary/aromatic N) is 4. The van der Waals surface area contributed by atoms with Crippen LogP contribution in [-0.2, 0) is 4.79 Å². The van der Waals surface area contributed by atoms with Gasteiger partial charge in [0.25, 0.3) is 0 Å². The van der Waals surface area contributed by atoms with Gasteiger partial charge in [-0.3, -0.25) is 4.79 Å². The number of aliphatic hydroxyl groups excluding tert-OH is 1. The van der Waals surface area contributed by atoms with E-state index in [1.54, 1.807) is 16.6 Å². The van der Waals surface area contributed by atoms with Gasteiger partial charge < -0.3 is 20.8 Å². The molecule has 0 bridgehead atoms. The number of hydrogen-bond donors (Lipinski definition) is 4. The minimum absolute atomic E-state index is 0.0214. The van der Waals surface area contributed by atoms with Crippen molar-refractivity contribution >= 4 is 17.4 Å². The van der Waals surface area contributed by atoms with Crippen molar-refractivity contribution in [1.29, 1.82) is 0 Å². The molecule has 0 radical (unpaired) electrons. The van der Waals surface area contributed by atoms with Crippen LogP contribution in [0.15, 0.2) is 36.4 Å². The quantitative estimate of drug-likeness (QED) is 0.426. The van der Waals surface area contributed by atoms with Crippen molar-refractivity contribution in [2.75, 3.05) is 11.9 Å². The highest BCUT2D eigenvalue weighted by Crippen LogP contribution is 2.26. The first kappa shape index (κ1) is 22.0. The first-order valence-corrected chi connectivity index (χ1v) is 11.2. The summed E-state index contributed by atoms with van der Waals surface area (Å²) in [5.41, 5.74) is 1.67. The van der Waals surface area contributed by atoms with Gasteiger partial charge in [-0.2, -0.15) is 4.52 Å². The Kier molecular flexibility index (Phi) is 6.84. The lowest BCUT2D eigenvalue weighted by molar-refractivity contribution is -0.122. The van der Waals surface area contributed by atoms with Crippen LogP contribution in [0.2, 0.25) is 0 Å². The molecule has 3 atom stereocenters. The Morgan fingerprint density at radius 3 is 2.62 bits per heavy atom. The van der Waals surface area contributed by atoms with E-state index < -0.39 is 0 Å². The molecule has 1 aliphatic carbocycles. The molecule has 9 nitrogen and oxygen atoms in total. The third-order valence-corrected chi connectivity index (χ3v) is 6.07. The average molecular weight is 439 g/mol. The Morgan fingerprint density at radius 2 is 1.88 bits per heavy atom. The van der Waals surface area contributed by atoms with Crippen molar-refractivity contribution < 1.29 is 15.0 Å². The zero-order valence-electron chi connectivity index (χ0n) is 18.2. The topological polar surface area (TPSA) is 125 Å². The normalized spacial score (nSPS) is 19.6. The second kappa shape index (κ2) is 9.95. The number of aromatic hydroxyl groups is 1. The summed E-state index contributed by atoms with van der Waals surface area (Å²) in [6.07, 6.45) is 4.85. The van der Waals surface area contributed by atoms with Gasteiger partial charge in [0.1, 0.15) is 11.6 Å². The standard InChI is InChI=1S/C23H30N6O3/c1-15(16-8-10-17(31)11-9-16)23-27-26-21-13-12-20(28-29(21)23)24-18-5-2-3-6-19(18)25-22(32)7-4-14-30/h8-13,15,18-19,30-31H,2-7,14H2,1H3,(H,24,28)(H,25,32)/t15-,18-,19-/m0/s1. The number of phenols is 1. The van der Waals surface area contributed by atoms with Crippen LogP contribution in [0.4, 0.5) is 5.82 Å². The molecule has 1 aromatic carbocycles. The number of phenolic OH excluding ortho intramolecular Hbond substituents is 1. The second-order valence-corrected chi connectivity index (χ2v) is 8.40. The number of amides is 1. The second-order valence-electron chi connectivity index (χ2n) is 8.40. The summed E-state index contributed by atoms with van der Waals surface area (Å²) in [5, 5.41) is 38.5. The average Bonchev–Trinajstić information content (AvgIpc) is 3.22. The number of aliphatic hydroxyl groups is 1. The van der Waals surface area contributed by atoms with E-state index in [1.807, 2.05) is 31.2 Å². The van der Waals surface area contributed by atoms with Gasteiger partial charge in [0.05, 0.1) is 0 Å². The Balaban J connectivity index is 1.52. The molecular formula is C23H30N6O3. The van der Waals surface area contributed by atoms with E-state index in [0.29, 0.717) is 30.1 Å². The van der Waals surface area contributed by atoms with Gasteiger partial charge in [-0.15, -0.1) is 15.3 Å². The van der Waals surface area contributed by atoms with Gasteiger partial charge in [-0.05, 0) is 49.1 Å². The van der Waals surface area contributed by atoms with Crippen LogP contribution in [0.5, 0.6) is 5.75 Å². The molecule has 0 unspecified atom stereocenters. The monoisotopic (exact) mass is 438 g/mol. The summed E-state index contributed by atoms with van der Waals surface area (Å²) in [4.78, 5) is 12.2. The largest absolute Gasteiger partial charge is 0.508 e. The van der Waals surface area contributed by atoms with Crippen LogP contribution in [0.25, 0.3) is 5.65 Å². The lowest BCUT2D eigenvalue weighted by atomic mass is 9.90. The number of carbonyl (C=O) groups is 1. The minimum Gasteiger partial charge on any atom is -0.508 e. The number of aromatic nitrogens is 4. The van der Waals surface area contributed by atoms with Crippen LogP contribution in [-0.4, -0.2) is 54.6 Å². The number of nitrogens with one attached hydrogen (secondary N) is 2. The molecule has 32 heavy (non-hydrogen) atoms. The first-order chi connectivity index (χ1) is 15.5. The molecule has 2 aromatic heterocycles. The molecule has 3 aromatic rings. The molecule has 1 aliphatic rings. The summed E-state index contributed by atoms with van der Waals surface area (Å²) in [6.45, 7) is 2.05. The van der Waals surface area contributed by atoms with Gasteiger partial charge >= 0.3 is 0 Å². The van der Waals surface area contributed by atoms with Crippen molar-refractivity contribution in [3.8, 4) is 5.75 Å². The number of rotatable bonds is 8. The summed E-state index contributed by atoms with van der Waals surface area (Å²) < 4.78 is 1.75. The van der Waals surface area contributed by atoms with E-state index in [4.69, 9.17) is 10.2 Å². The zero-order valence-corrected chi connectivity index (χ0v) is 18.2. The predicted octanol–water partition coefficient (Wildman–Crippen LogP) is 2.59. The lowest BCUT2D eigenvalue weighted by Gasteiger charge is -2.33. The summed E-state index contributed by atoms with van der Waals surface area (Å²) in [7, 11) is 0. The van der Waals surface area contributed by atoms with Gasteiger partial charge in [0.15, 0.2) is 11.5 Å². The minimum atomic E-state index is -0.0541. The van der Waals surface area contributed by atoms with E-state index in [0.717, 1.165) is 31.2 Å². The summed E-state index contributed by atoms with van der Waals surface area (Å²) in [5.74, 6) is 1.57. The van der Waals surface area contributed by atoms with Crippen molar-refractivity contribution in [3.05, 3.63) is 47.8 Å². The number of hydrogen-bond acceptors (Lipinski definition) is 7. The molecule has 1 fully saturated rings. The first-order valence-electron chi connectivity index (χ1n) is 11.2. The van der Waals surface area contributed by atoms with E-state index in [9.17, 15) is 9.90 Å². The fraction of sp³-hybridized carbons (Fsp3) is 0.478. The number of anilines is 1. The molecule has 4 rings (SSSR count). The molecule has 0 aliphatic heterocycles. The SMILES string of the molecule is C[C@@H](c1ccc(O)cc1)c1nnc2ccc(N[C@H]3CCCC[C@@H]3NC(=O)CCCO)nn12. The highest BCUT2D eigenvalue weighted by Gasteiger charge is 2.27. The summed E-state index contributed by atoms with van der Waals surface area (Å²) in [6, 6.07) is 10.9. The van der Waals surface area contributed by atoms with Crippen LogP contribution < -0.4 is 10.6 Å². The van der Waals surface area contributed by atoms with Crippen molar-refractivity contribution in [3.63, 3.8) is 0 Å². The molecule has 1 amide bonds. The molecule has 1 saturated carbocycles. The van der Waals surface area contributed by atoms with E-state index in [2.05, 4.69) is 20.8 Å². The maximum atomic E-state index is 12.2. The van der Waals surface area contributed by atoms with Gasteiger partial charge in [0.2, 0.25) is 5.91 Å². The molecule has 170 valence electrons. The van der Waals surface area contributed by atoms with E-state index >= 15 is 0 Å². The molecular weight excluding hydrogens is 408 g/mol. The predicted molar refractivity (Wildman–Crippen MR) is 121 cm³/mol. The Bertz CT molecular complexity index is 1050. The number of benzene rings is 1. The van der Waals surface area contributed by atoms with Crippen molar-refractivity contribution in [1.82, 2.24) is 25.1 Å². The van der Waals surface area contributed by atoms with Crippen LogP contribution in [0, 0.1) is 0 Å². The fourth-order valence-electron chi connectivity index (χ4n) is 4.25. The Morgan fingerprint density at radius 1 is 1.12 bits per heavy atom. The fourth-order valence-corrected chi connectivity index (χ4v) is 4.25. The van der Waals surface area contributed by atoms with Crippen molar-refractivity contribution in [2.24, 2.45) is 0 Å². The summed E-state index contributed by atoms with van der Waals surface area (Å²) >= 11 is 0. The number of fused-ring (bicyclic) bond motifs is 1. The molecule has 4 N–H and O–H groups in total. The Hall–Kier alpha value is -3.20. The maximum Gasteiger partial charge on any atom is 0.220 e. The highest BCUT2D eigenvalue weighted by atomic mass is 16.3. The van der Waals surface area contributed by atoms with Crippen LogP contribution in [0.3, 0.4) is 0 Å². The molecule has 0 spiro atoms. The van der Waals surface area contributed by atoms with E-state index in [-0.39, 0.29) is 36.3 Å². The lowest BCUT2D eigenvalue weighted by Crippen LogP contribution is -2.48. The molecule has 9 heteroatoms. The van der Waals surface area contributed by atoms with Crippen molar-refractivity contribution in [2.45, 2.75) is 63.5 Å². The van der Waals surface area contributed by atoms with Crippen LogP contribution >= 0.6 is 0 Å². The van der Waals surface area contributed by atoms with Gasteiger partial charge in [-0.25, -0.2) is 0 Å². The number of carbonyl (C=O) groups excluding carboxylic acids is 1. The van der Waals surface area contributed by atoms with E-state index in [1.165, 1.54) is 0 Å². The van der Waals surface area contributed by atoms with Gasteiger partial charge in [-0.1, -0.05) is 31.9 Å². The third kappa shape index (κ3) is 4.99. The Labute approximate surface area is 186 Å².